The summed E-state index contributed by atoms with van der Waals surface area (Å²) in [4.78, 5) is 0. The monoisotopic (exact) mass is 234 g/mol. The summed E-state index contributed by atoms with van der Waals surface area (Å²) in [6, 6.07) is 8.59. The highest BCUT2D eigenvalue weighted by Crippen LogP contribution is 2.37. The zero-order valence-electron chi connectivity index (χ0n) is 9.18. The molecule has 2 rings (SSSR count). The fourth-order valence-corrected chi connectivity index (χ4v) is 5.38. The van der Waals surface area contributed by atoms with E-state index in [1.807, 2.05) is 6.08 Å². The molecular weight excluding hydrogens is 220 g/mol. The van der Waals surface area contributed by atoms with E-state index in [2.05, 4.69) is 43.9 Å². The number of hydrogen-bond donors (Lipinski definition) is 0. The molecule has 0 aliphatic carbocycles. The van der Waals surface area contributed by atoms with Gasteiger partial charge in [-0.25, -0.2) is 0 Å². The van der Waals surface area contributed by atoms with Crippen molar-refractivity contribution in [3.63, 3.8) is 0 Å². The van der Waals surface area contributed by atoms with Crippen molar-refractivity contribution in [2.75, 3.05) is 0 Å². The van der Waals surface area contributed by atoms with E-state index in [0.29, 0.717) is 0 Å². The lowest BCUT2D eigenvalue weighted by Crippen LogP contribution is -2.39. The maximum Gasteiger partial charge on any atom is 0.127 e. The third kappa shape index (κ3) is 1.50. The number of hydrogen-bond acceptors (Lipinski definition) is 0. The molecule has 1 aliphatic rings. The van der Waals surface area contributed by atoms with Crippen LogP contribution in [0.2, 0.25) is 13.1 Å². The summed E-state index contributed by atoms with van der Waals surface area (Å²) in [5.74, 6) is 0. The summed E-state index contributed by atoms with van der Waals surface area (Å²) in [6.45, 7) is 8.42. The molecule has 0 saturated heterocycles. The average Bonchev–Trinajstić information content (AvgIpc) is 2.42. The normalized spacial score (nSPS) is 17.8. The highest BCUT2D eigenvalue weighted by atomic mass is 35.5. The highest BCUT2D eigenvalue weighted by Gasteiger charge is 2.37. The Kier molecular flexibility index (Phi) is 2.61. The second-order valence-electron chi connectivity index (χ2n) is 4.46. The van der Waals surface area contributed by atoms with E-state index in [4.69, 9.17) is 11.6 Å². The van der Waals surface area contributed by atoms with E-state index in [9.17, 15) is 0 Å². The van der Waals surface area contributed by atoms with Gasteiger partial charge in [0.25, 0.3) is 0 Å². The third-order valence-electron chi connectivity index (χ3n) is 3.09. The van der Waals surface area contributed by atoms with Crippen molar-refractivity contribution < 1.29 is 0 Å². The van der Waals surface area contributed by atoms with Gasteiger partial charge in [0, 0.05) is 4.66 Å². The van der Waals surface area contributed by atoms with Crippen LogP contribution in [0.4, 0.5) is 0 Å². The Morgan fingerprint density at radius 2 is 2.00 bits per heavy atom. The van der Waals surface area contributed by atoms with E-state index in [1.165, 1.54) is 16.3 Å². The summed E-state index contributed by atoms with van der Waals surface area (Å²) >= 11 is 6.51. The van der Waals surface area contributed by atoms with Crippen molar-refractivity contribution in [1.29, 1.82) is 0 Å². The van der Waals surface area contributed by atoms with Crippen molar-refractivity contribution in [1.82, 2.24) is 0 Å². The Hall–Kier alpha value is -0.793. The van der Waals surface area contributed by atoms with Gasteiger partial charge in [-0.1, -0.05) is 55.0 Å². The largest absolute Gasteiger partial charge is 0.127 e. The van der Waals surface area contributed by atoms with E-state index < -0.39 is 8.07 Å². The van der Waals surface area contributed by atoms with Crippen LogP contribution in [-0.4, -0.2) is 8.07 Å². The van der Waals surface area contributed by atoms with Crippen LogP contribution >= 0.6 is 11.6 Å². The van der Waals surface area contributed by atoms with E-state index in [1.54, 1.807) is 0 Å². The molecule has 1 aliphatic heterocycles. The summed E-state index contributed by atoms with van der Waals surface area (Å²) in [5, 5.41) is 1.46. The SMILES string of the molecule is C=CCC1=C(Cl)[Si](C)(C)c2ccccc21. The zero-order chi connectivity index (χ0) is 11.1. The molecule has 0 radical (unpaired) electrons. The van der Waals surface area contributed by atoms with Gasteiger partial charge in [0.2, 0.25) is 0 Å². The number of fused-ring (bicyclic) bond motifs is 1. The lowest BCUT2D eigenvalue weighted by molar-refractivity contribution is 1.42. The molecule has 1 heterocycles. The number of allylic oxidation sites excluding steroid dienone is 2. The van der Waals surface area contributed by atoms with Crippen LogP contribution in [0, 0.1) is 0 Å². The van der Waals surface area contributed by atoms with Crippen LogP contribution < -0.4 is 5.19 Å². The van der Waals surface area contributed by atoms with E-state index in [-0.39, 0.29) is 0 Å². The molecule has 0 saturated carbocycles. The molecule has 0 unspecified atom stereocenters. The van der Waals surface area contributed by atoms with E-state index >= 15 is 0 Å². The van der Waals surface area contributed by atoms with Gasteiger partial charge in [-0.05, 0) is 22.7 Å². The molecule has 1 aromatic rings. The third-order valence-corrected chi connectivity index (χ3v) is 7.92. The van der Waals surface area contributed by atoms with Gasteiger partial charge >= 0.3 is 0 Å². The van der Waals surface area contributed by atoms with Gasteiger partial charge in [-0.3, -0.25) is 0 Å². The Morgan fingerprint density at radius 3 is 2.67 bits per heavy atom. The molecule has 1 aromatic carbocycles. The standard InChI is InChI=1S/C13H15ClSi/c1-4-7-11-10-8-5-6-9-12(10)15(2,3)13(11)14/h4-6,8-9H,1,7H2,2-3H3. The van der Waals surface area contributed by atoms with Crippen molar-refractivity contribution in [2.24, 2.45) is 0 Å². The Morgan fingerprint density at radius 1 is 1.33 bits per heavy atom. The van der Waals surface area contributed by atoms with Crippen LogP contribution in [0.1, 0.15) is 12.0 Å². The van der Waals surface area contributed by atoms with Crippen LogP contribution in [0.15, 0.2) is 41.6 Å². The first-order valence-electron chi connectivity index (χ1n) is 5.19. The van der Waals surface area contributed by atoms with Crippen LogP contribution in [0.3, 0.4) is 0 Å². The van der Waals surface area contributed by atoms with Gasteiger partial charge in [-0.15, -0.1) is 6.58 Å². The fourth-order valence-electron chi connectivity index (χ4n) is 2.25. The highest BCUT2D eigenvalue weighted by molar-refractivity contribution is 7.04. The molecule has 0 nitrogen and oxygen atoms in total. The minimum atomic E-state index is -1.57. The zero-order valence-corrected chi connectivity index (χ0v) is 10.9. The first-order valence-corrected chi connectivity index (χ1v) is 8.56. The Balaban J connectivity index is 2.64. The maximum absolute atomic E-state index is 6.51. The summed E-state index contributed by atoms with van der Waals surface area (Å²) in [6.07, 6.45) is 2.82. The molecule has 0 fully saturated rings. The van der Waals surface area contributed by atoms with Crippen molar-refractivity contribution in [2.45, 2.75) is 19.5 Å². The summed E-state index contributed by atoms with van der Waals surface area (Å²) < 4.78 is 1.10. The van der Waals surface area contributed by atoms with Gasteiger partial charge in [0.15, 0.2) is 0 Å². The molecule has 78 valence electrons. The number of rotatable bonds is 2. The second kappa shape index (κ2) is 3.65. The predicted octanol–water partition coefficient (Wildman–Crippen LogP) is 3.68. The summed E-state index contributed by atoms with van der Waals surface area (Å²) in [5.41, 5.74) is 2.64. The topological polar surface area (TPSA) is 0 Å². The molecule has 0 bridgehead atoms. The van der Waals surface area contributed by atoms with Crippen LogP contribution in [0.25, 0.3) is 5.57 Å². The van der Waals surface area contributed by atoms with Gasteiger partial charge < -0.3 is 0 Å². The lowest BCUT2D eigenvalue weighted by Gasteiger charge is -2.17. The summed E-state index contributed by atoms with van der Waals surface area (Å²) in [7, 11) is -1.57. The van der Waals surface area contributed by atoms with Gasteiger partial charge in [0.05, 0.1) is 0 Å². The molecule has 2 heteroatoms. The number of halogens is 1. The lowest BCUT2D eigenvalue weighted by atomic mass is 10.1. The molecule has 0 amide bonds. The molecular formula is C13H15ClSi. The first kappa shape index (κ1) is 10.7. The smallest absolute Gasteiger partial charge is 0.103 e. The van der Waals surface area contributed by atoms with E-state index in [0.717, 1.165) is 11.1 Å². The minimum Gasteiger partial charge on any atom is -0.103 e. The minimum absolute atomic E-state index is 0.881. The molecule has 15 heavy (non-hydrogen) atoms. The van der Waals surface area contributed by atoms with Crippen LogP contribution in [0.5, 0.6) is 0 Å². The molecule has 0 N–H and O–H groups in total. The first-order chi connectivity index (χ1) is 7.09. The quantitative estimate of drug-likeness (QED) is 0.541. The maximum atomic E-state index is 6.51. The predicted molar refractivity (Wildman–Crippen MR) is 71.1 cm³/mol. The number of benzene rings is 1. The average molecular weight is 235 g/mol. The van der Waals surface area contributed by atoms with Crippen LogP contribution in [-0.2, 0) is 0 Å². The van der Waals surface area contributed by atoms with Gasteiger partial charge in [0.1, 0.15) is 8.07 Å². The Bertz CT molecular complexity index is 444. The Labute approximate surface area is 97.3 Å². The molecule has 0 atom stereocenters. The second-order valence-corrected chi connectivity index (χ2v) is 9.44. The van der Waals surface area contributed by atoms with Gasteiger partial charge in [-0.2, -0.15) is 0 Å². The van der Waals surface area contributed by atoms with Crippen molar-refractivity contribution in [3.05, 3.63) is 47.1 Å². The van der Waals surface area contributed by atoms with Crippen molar-refractivity contribution in [3.8, 4) is 0 Å². The fraction of sp³-hybridized carbons (Fsp3) is 0.231. The van der Waals surface area contributed by atoms with Crippen molar-refractivity contribution >= 4 is 30.4 Å². The molecule has 0 aromatic heterocycles. The molecule has 0 spiro atoms.